The molecule has 0 radical (unpaired) electrons. The maximum absolute atomic E-state index is 13.7. The van der Waals surface area contributed by atoms with E-state index in [9.17, 15) is 24.1 Å². The standard InChI is InChI=1S/C30H35FN4O6/c1-4-40-29(36)19-11-13-23(20(15-19)18-34(3)22-9-7-6-8-10-22)26-17-24(30(37)41-5-2)28(33-26)32-25-14-12-21(31)16-27(25)35(38)39/h11-17,22,32-33H,4-10,18H2,1-3H3. The Morgan fingerprint density at radius 2 is 1.76 bits per heavy atom. The molecule has 41 heavy (non-hydrogen) atoms. The number of hydrogen-bond donors (Lipinski definition) is 2. The highest BCUT2D eigenvalue weighted by Crippen LogP contribution is 2.35. The molecular weight excluding hydrogens is 531 g/mol. The van der Waals surface area contributed by atoms with Crippen LogP contribution in [0.3, 0.4) is 0 Å². The Morgan fingerprint density at radius 1 is 1.05 bits per heavy atom. The smallest absolute Gasteiger partial charge is 0.341 e. The van der Waals surface area contributed by atoms with Crippen molar-refractivity contribution in [2.24, 2.45) is 0 Å². The summed E-state index contributed by atoms with van der Waals surface area (Å²) in [5, 5.41) is 14.5. The predicted molar refractivity (Wildman–Crippen MR) is 153 cm³/mol. The second kappa shape index (κ2) is 13.4. The summed E-state index contributed by atoms with van der Waals surface area (Å²) < 4.78 is 24.2. The van der Waals surface area contributed by atoms with Crippen LogP contribution in [0.1, 0.15) is 72.2 Å². The lowest BCUT2D eigenvalue weighted by atomic mass is 9.93. The van der Waals surface area contributed by atoms with Gasteiger partial charge in [0.05, 0.1) is 29.8 Å². The monoisotopic (exact) mass is 566 g/mol. The van der Waals surface area contributed by atoms with Crippen LogP contribution in [0.2, 0.25) is 0 Å². The van der Waals surface area contributed by atoms with Crippen LogP contribution >= 0.6 is 0 Å². The molecular formula is C30H35FN4O6. The Balaban J connectivity index is 1.78. The molecule has 3 aromatic rings. The van der Waals surface area contributed by atoms with E-state index < -0.39 is 28.4 Å². The molecule has 10 nitrogen and oxygen atoms in total. The lowest BCUT2D eigenvalue weighted by Gasteiger charge is -2.31. The summed E-state index contributed by atoms with van der Waals surface area (Å²) in [7, 11) is 2.07. The number of nitrogens with zero attached hydrogens (tertiary/aromatic N) is 2. The molecule has 0 unspecified atom stereocenters. The zero-order valence-electron chi connectivity index (χ0n) is 23.5. The summed E-state index contributed by atoms with van der Waals surface area (Å²) in [6, 6.07) is 10.4. The second-order valence-electron chi connectivity index (χ2n) is 10.0. The van der Waals surface area contributed by atoms with E-state index in [0.717, 1.165) is 36.1 Å². The van der Waals surface area contributed by atoms with E-state index in [1.165, 1.54) is 25.3 Å². The van der Waals surface area contributed by atoms with E-state index in [1.807, 2.05) is 0 Å². The molecule has 0 saturated heterocycles. The first-order valence-corrected chi connectivity index (χ1v) is 13.8. The maximum Gasteiger partial charge on any atom is 0.341 e. The third-order valence-corrected chi connectivity index (χ3v) is 7.25. The Kier molecular flexibility index (Phi) is 9.72. The third kappa shape index (κ3) is 7.10. The molecule has 11 heteroatoms. The molecule has 1 aliphatic carbocycles. The molecule has 4 rings (SSSR count). The number of carbonyl (C=O) groups excluding carboxylic acids is 2. The van der Waals surface area contributed by atoms with Crippen LogP contribution in [0.5, 0.6) is 0 Å². The highest BCUT2D eigenvalue weighted by Gasteiger charge is 2.24. The van der Waals surface area contributed by atoms with Gasteiger partial charge in [-0.3, -0.25) is 15.0 Å². The number of hydrogen-bond acceptors (Lipinski definition) is 8. The maximum atomic E-state index is 13.7. The van der Waals surface area contributed by atoms with Crippen molar-refractivity contribution < 1.29 is 28.4 Å². The lowest BCUT2D eigenvalue weighted by Crippen LogP contribution is -2.33. The number of aromatic nitrogens is 1. The number of rotatable bonds is 11. The molecule has 2 aromatic carbocycles. The van der Waals surface area contributed by atoms with Gasteiger partial charge in [-0.15, -0.1) is 0 Å². The van der Waals surface area contributed by atoms with Gasteiger partial charge in [0.2, 0.25) is 0 Å². The fraction of sp³-hybridized carbons (Fsp3) is 0.400. The van der Waals surface area contributed by atoms with E-state index >= 15 is 0 Å². The number of ether oxygens (including phenoxy) is 2. The fourth-order valence-electron chi connectivity index (χ4n) is 5.21. The molecule has 0 bridgehead atoms. The summed E-state index contributed by atoms with van der Waals surface area (Å²) in [5.74, 6) is -1.65. The number of nitrogens with one attached hydrogen (secondary N) is 2. The lowest BCUT2D eigenvalue weighted by molar-refractivity contribution is -0.384. The van der Waals surface area contributed by atoms with Gasteiger partial charge in [-0.2, -0.15) is 0 Å². The Labute approximate surface area is 238 Å². The van der Waals surface area contributed by atoms with Gasteiger partial charge in [0.25, 0.3) is 5.69 Å². The van der Waals surface area contributed by atoms with Gasteiger partial charge >= 0.3 is 11.9 Å². The number of benzene rings is 2. The largest absolute Gasteiger partial charge is 0.462 e. The topological polar surface area (TPSA) is 127 Å². The minimum absolute atomic E-state index is 0.00487. The summed E-state index contributed by atoms with van der Waals surface area (Å²) >= 11 is 0. The first-order valence-electron chi connectivity index (χ1n) is 13.8. The number of carbonyl (C=O) groups is 2. The SMILES string of the molecule is CCOC(=O)c1ccc(-c2cc(C(=O)OCC)c(Nc3ccc(F)cc3[N+](=O)[O-])[nH]2)c(CN(C)C2CCCCC2)c1. The van der Waals surface area contributed by atoms with E-state index in [1.54, 1.807) is 38.1 Å². The van der Waals surface area contributed by atoms with E-state index in [4.69, 9.17) is 9.47 Å². The first kappa shape index (κ1) is 29.7. The number of esters is 2. The zero-order chi connectivity index (χ0) is 29.5. The molecule has 0 spiro atoms. The van der Waals surface area contributed by atoms with E-state index in [0.29, 0.717) is 23.8 Å². The van der Waals surface area contributed by atoms with Crippen molar-refractivity contribution in [3.63, 3.8) is 0 Å². The Bertz CT molecular complexity index is 1420. The molecule has 1 aliphatic rings. The number of anilines is 2. The van der Waals surface area contributed by atoms with Crippen LogP contribution in [-0.2, 0) is 16.0 Å². The summed E-state index contributed by atoms with van der Waals surface area (Å²) in [4.78, 5) is 41.8. The number of halogens is 1. The minimum atomic E-state index is -0.756. The molecule has 1 saturated carbocycles. The number of nitro benzene ring substituents is 1. The molecule has 1 aromatic heterocycles. The van der Waals surface area contributed by atoms with Gasteiger partial charge in [0.1, 0.15) is 22.9 Å². The molecule has 0 aliphatic heterocycles. The average Bonchev–Trinajstić information content (AvgIpc) is 3.38. The van der Waals surface area contributed by atoms with Crippen molar-refractivity contribution in [2.45, 2.75) is 58.5 Å². The van der Waals surface area contributed by atoms with E-state index in [-0.39, 0.29) is 30.3 Å². The van der Waals surface area contributed by atoms with Crippen molar-refractivity contribution in [2.75, 3.05) is 25.6 Å². The molecule has 0 amide bonds. The van der Waals surface area contributed by atoms with Crippen molar-refractivity contribution in [3.8, 4) is 11.3 Å². The first-order chi connectivity index (χ1) is 19.7. The van der Waals surface area contributed by atoms with Crippen LogP contribution in [0.4, 0.5) is 21.6 Å². The van der Waals surface area contributed by atoms with Crippen molar-refractivity contribution in [1.82, 2.24) is 9.88 Å². The number of nitro groups is 1. The highest BCUT2D eigenvalue weighted by molar-refractivity contribution is 5.98. The summed E-state index contributed by atoms with van der Waals surface area (Å²) in [5.41, 5.74) is 2.20. The average molecular weight is 567 g/mol. The Hall–Kier alpha value is -4.25. The molecule has 218 valence electrons. The molecule has 0 atom stereocenters. The molecule has 1 heterocycles. The third-order valence-electron chi connectivity index (χ3n) is 7.25. The van der Waals surface area contributed by atoms with Crippen LogP contribution in [0.25, 0.3) is 11.3 Å². The van der Waals surface area contributed by atoms with Gasteiger partial charge in [-0.05, 0) is 69.6 Å². The number of H-pyrrole nitrogens is 1. The van der Waals surface area contributed by atoms with Crippen LogP contribution in [-0.4, -0.2) is 53.0 Å². The molecule has 2 N–H and O–H groups in total. The minimum Gasteiger partial charge on any atom is -0.462 e. The van der Waals surface area contributed by atoms with Gasteiger partial charge in [0.15, 0.2) is 0 Å². The zero-order valence-corrected chi connectivity index (χ0v) is 23.5. The Morgan fingerprint density at radius 3 is 2.44 bits per heavy atom. The van der Waals surface area contributed by atoms with E-state index in [2.05, 4.69) is 22.2 Å². The van der Waals surface area contributed by atoms with Gasteiger partial charge in [0, 0.05) is 23.8 Å². The highest BCUT2D eigenvalue weighted by atomic mass is 19.1. The van der Waals surface area contributed by atoms with Crippen molar-refractivity contribution in [1.29, 1.82) is 0 Å². The summed E-state index contributed by atoms with van der Waals surface area (Å²) in [6.07, 6.45) is 5.78. The quantitative estimate of drug-likeness (QED) is 0.151. The van der Waals surface area contributed by atoms with Crippen molar-refractivity contribution in [3.05, 3.63) is 75.1 Å². The van der Waals surface area contributed by atoms with Gasteiger partial charge in [-0.1, -0.05) is 25.3 Å². The van der Waals surface area contributed by atoms with Crippen LogP contribution in [0.15, 0.2) is 42.5 Å². The molecule has 1 fully saturated rings. The van der Waals surface area contributed by atoms with Crippen LogP contribution < -0.4 is 5.32 Å². The van der Waals surface area contributed by atoms with Gasteiger partial charge in [-0.25, -0.2) is 14.0 Å². The normalized spacial score (nSPS) is 13.7. The summed E-state index contributed by atoms with van der Waals surface area (Å²) in [6.45, 7) is 4.35. The number of aromatic amines is 1. The van der Waals surface area contributed by atoms with Crippen LogP contribution in [0, 0.1) is 15.9 Å². The second-order valence-corrected chi connectivity index (χ2v) is 10.0. The van der Waals surface area contributed by atoms with Crippen molar-refractivity contribution >= 4 is 29.1 Å². The van der Waals surface area contributed by atoms with Gasteiger partial charge < -0.3 is 19.8 Å². The fourth-order valence-corrected chi connectivity index (χ4v) is 5.21. The predicted octanol–water partition coefficient (Wildman–Crippen LogP) is 6.59.